The molecule has 0 unspecified atom stereocenters. The quantitative estimate of drug-likeness (QED) is 0.708. The van der Waals surface area contributed by atoms with Gasteiger partial charge in [-0.15, -0.1) is 0 Å². The number of allylic oxidation sites excluding steroid dienone is 2. The van der Waals surface area contributed by atoms with Gasteiger partial charge in [-0.2, -0.15) is 0 Å². The van der Waals surface area contributed by atoms with Crippen LogP contribution in [0, 0.1) is 0 Å². The molecular weight excluding hydrogens is 332 g/mol. The van der Waals surface area contributed by atoms with Gasteiger partial charge in [-0.25, -0.2) is 4.79 Å². The third-order valence-electron chi connectivity index (χ3n) is 2.74. The van der Waals surface area contributed by atoms with Crippen LogP contribution in [0.5, 0.6) is 5.75 Å². The molecule has 0 fully saturated rings. The van der Waals surface area contributed by atoms with Crippen LogP contribution in [0.4, 0.5) is 10.5 Å². The van der Waals surface area contributed by atoms with E-state index in [0.717, 1.165) is 28.6 Å². The van der Waals surface area contributed by atoms with Crippen LogP contribution < -0.4 is 15.4 Å². The second-order valence-electron chi connectivity index (χ2n) is 4.55. The minimum absolute atomic E-state index is 0.228. The maximum atomic E-state index is 11.8. The number of nitrogens with one attached hydrogen (secondary N) is 2. The highest BCUT2D eigenvalue weighted by Crippen LogP contribution is 2.34. The molecule has 116 valence electrons. The molecule has 2 amide bonds. The summed E-state index contributed by atoms with van der Waals surface area (Å²) in [6.45, 7) is 7.12. The lowest BCUT2D eigenvalue weighted by atomic mass is 10.1. The first-order valence-corrected chi connectivity index (χ1v) is 8.02. The number of ether oxygens (including phenoxy) is 1. The van der Waals surface area contributed by atoms with Gasteiger partial charge in [0.1, 0.15) is 5.75 Å². The summed E-state index contributed by atoms with van der Waals surface area (Å²) in [7, 11) is 0. The number of halogens is 1. The van der Waals surface area contributed by atoms with E-state index >= 15 is 0 Å². The zero-order chi connectivity index (χ0) is 15.7. The van der Waals surface area contributed by atoms with Gasteiger partial charge in [-0.05, 0) is 38.8 Å². The van der Waals surface area contributed by atoms with Gasteiger partial charge in [0.25, 0.3) is 0 Å². The number of rotatable bonds is 7. The summed E-state index contributed by atoms with van der Waals surface area (Å²) in [4.78, 5) is 11.8. The van der Waals surface area contributed by atoms with Gasteiger partial charge in [0.15, 0.2) is 0 Å². The van der Waals surface area contributed by atoms with Crippen molar-refractivity contribution < 1.29 is 9.53 Å². The van der Waals surface area contributed by atoms with Crippen LogP contribution in [0.3, 0.4) is 0 Å². The molecule has 1 rings (SSSR count). The van der Waals surface area contributed by atoms with Crippen molar-refractivity contribution in [2.75, 3.05) is 18.5 Å². The number of amides is 2. The lowest BCUT2D eigenvalue weighted by Gasteiger charge is -2.16. The number of carbonyl (C=O) groups is 1. The zero-order valence-electron chi connectivity index (χ0n) is 12.8. The van der Waals surface area contributed by atoms with E-state index in [1.807, 2.05) is 32.1 Å². The summed E-state index contributed by atoms with van der Waals surface area (Å²) >= 11 is 3.48. The lowest BCUT2D eigenvalue weighted by Crippen LogP contribution is -2.28. The molecule has 0 spiro atoms. The predicted octanol–water partition coefficient (Wildman–Crippen LogP) is 4.50. The normalized spacial score (nSPS) is 10.7. The van der Waals surface area contributed by atoms with Gasteiger partial charge in [0, 0.05) is 16.6 Å². The molecule has 21 heavy (non-hydrogen) atoms. The molecule has 0 saturated heterocycles. The van der Waals surface area contributed by atoms with Gasteiger partial charge >= 0.3 is 6.03 Å². The first-order valence-electron chi connectivity index (χ1n) is 7.23. The Bertz CT molecular complexity index is 501. The minimum Gasteiger partial charge on any atom is -0.491 e. The Morgan fingerprint density at radius 2 is 2.14 bits per heavy atom. The molecule has 4 nitrogen and oxygen atoms in total. The molecule has 0 aromatic heterocycles. The minimum atomic E-state index is -0.228. The fraction of sp³-hybridized carbons (Fsp3) is 0.438. The Hall–Kier alpha value is -1.49. The fourth-order valence-corrected chi connectivity index (χ4v) is 2.35. The maximum absolute atomic E-state index is 11.8. The molecule has 0 atom stereocenters. The van der Waals surface area contributed by atoms with Gasteiger partial charge in [-0.1, -0.05) is 35.0 Å². The van der Waals surface area contributed by atoms with E-state index in [0.29, 0.717) is 18.8 Å². The Labute approximate surface area is 135 Å². The second-order valence-corrected chi connectivity index (χ2v) is 5.46. The zero-order valence-corrected chi connectivity index (χ0v) is 14.4. The molecule has 0 radical (unpaired) electrons. The number of hydrogen-bond acceptors (Lipinski definition) is 2. The Morgan fingerprint density at radius 3 is 2.76 bits per heavy atom. The highest BCUT2D eigenvalue weighted by atomic mass is 79.9. The molecule has 1 aromatic carbocycles. The van der Waals surface area contributed by atoms with Gasteiger partial charge < -0.3 is 15.4 Å². The molecule has 2 N–H and O–H groups in total. The topological polar surface area (TPSA) is 50.4 Å². The highest BCUT2D eigenvalue weighted by Gasteiger charge is 2.13. The summed E-state index contributed by atoms with van der Waals surface area (Å²) in [5.41, 5.74) is 1.73. The predicted molar refractivity (Wildman–Crippen MR) is 91.1 cm³/mol. The van der Waals surface area contributed by atoms with Crippen LogP contribution >= 0.6 is 15.9 Å². The van der Waals surface area contributed by atoms with E-state index in [4.69, 9.17) is 4.74 Å². The van der Waals surface area contributed by atoms with Crippen molar-refractivity contribution in [1.29, 1.82) is 0 Å². The Kier molecular flexibility index (Phi) is 7.90. The van der Waals surface area contributed by atoms with Crippen molar-refractivity contribution in [1.82, 2.24) is 5.32 Å². The van der Waals surface area contributed by atoms with E-state index in [1.54, 1.807) is 0 Å². The Morgan fingerprint density at radius 1 is 1.38 bits per heavy atom. The molecule has 0 bridgehead atoms. The van der Waals surface area contributed by atoms with Crippen LogP contribution in [0.1, 0.15) is 32.8 Å². The van der Waals surface area contributed by atoms with E-state index in [-0.39, 0.29) is 6.03 Å². The number of anilines is 1. The largest absolute Gasteiger partial charge is 0.491 e. The number of carbonyl (C=O) groups excluding carboxylic acids is 1. The van der Waals surface area contributed by atoms with Crippen molar-refractivity contribution in [3.8, 4) is 5.75 Å². The molecule has 0 aliphatic carbocycles. The molecule has 0 aliphatic rings. The molecule has 0 heterocycles. The summed E-state index contributed by atoms with van der Waals surface area (Å²) in [5.74, 6) is 0.740. The van der Waals surface area contributed by atoms with E-state index in [1.165, 1.54) is 0 Å². The fourth-order valence-electron chi connectivity index (χ4n) is 1.84. The average Bonchev–Trinajstić information content (AvgIpc) is 2.44. The first kappa shape index (κ1) is 17.6. The molecule has 0 aliphatic heterocycles. The summed E-state index contributed by atoms with van der Waals surface area (Å²) in [6.07, 6.45) is 5.75. The summed E-state index contributed by atoms with van der Waals surface area (Å²) in [6, 6.07) is 3.65. The SMILES string of the molecule is CC=CCc1cc(Br)cc(NC(=O)NCC)c1OCCC. The first-order chi connectivity index (χ1) is 10.1. The summed E-state index contributed by atoms with van der Waals surface area (Å²) < 4.78 is 6.77. The number of hydrogen-bond donors (Lipinski definition) is 2. The van der Waals surface area contributed by atoms with Crippen LogP contribution in [0.2, 0.25) is 0 Å². The van der Waals surface area contributed by atoms with Crippen molar-refractivity contribution in [2.24, 2.45) is 0 Å². The number of benzene rings is 1. The van der Waals surface area contributed by atoms with Gasteiger partial charge in [-0.3, -0.25) is 0 Å². The third-order valence-corrected chi connectivity index (χ3v) is 3.20. The molecular formula is C16H23BrN2O2. The maximum Gasteiger partial charge on any atom is 0.319 e. The summed E-state index contributed by atoms with van der Waals surface area (Å²) in [5, 5.41) is 5.57. The third kappa shape index (κ3) is 5.79. The van der Waals surface area contributed by atoms with E-state index in [2.05, 4.69) is 39.6 Å². The Balaban J connectivity index is 3.11. The standard InChI is InChI=1S/C16H23BrN2O2/c1-4-7-8-12-10-13(17)11-14(15(12)21-9-5-2)19-16(20)18-6-3/h4,7,10-11H,5-6,8-9H2,1-3H3,(H2,18,19,20). The van der Waals surface area contributed by atoms with Crippen molar-refractivity contribution >= 4 is 27.6 Å². The van der Waals surface area contributed by atoms with Crippen LogP contribution in [-0.4, -0.2) is 19.2 Å². The number of urea groups is 1. The van der Waals surface area contributed by atoms with Crippen LogP contribution in [0.25, 0.3) is 0 Å². The van der Waals surface area contributed by atoms with E-state index < -0.39 is 0 Å². The van der Waals surface area contributed by atoms with Crippen molar-refractivity contribution in [2.45, 2.75) is 33.6 Å². The van der Waals surface area contributed by atoms with Gasteiger partial charge in [0.05, 0.1) is 12.3 Å². The smallest absolute Gasteiger partial charge is 0.319 e. The molecule has 5 heteroatoms. The average molecular weight is 355 g/mol. The lowest BCUT2D eigenvalue weighted by molar-refractivity contribution is 0.252. The van der Waals surface area contributed by atoms with Crippen molar-refractivity contribution in [3.05, 3.63) is 34.3 Å². The van der Waals surface area contributed by atoms with Gasteiger partial charge in [0.2, 0.25) is 0 Å². The monoisotopic (exact) mass is 354 g/mol. The van der Waals surface area contributed by atoms with Crippen molar-refractivity contribution in [3.63, 3.8) is 0 Å². The van der Waals surface area contributed by atoms with Crippen LogP contribution in [0.15, 0.2) is 28.8 Å². The van der Waals surface area contributed by atoms with Crippen LogP contribution in [-0.2, 0) is 6.42 Å². The second kappa shape index (κ2) is 9.45. The van der Waals surface area contributed by atoms with E-state index in [9.17, 15) is 4.79 Å². The highest BCUT2D eigenvalue weighted by molar-refractivity contribution is 9.10. The molecule has 0 saturated carbocycles. The molecule has 1 aromatic rings.